The smallest absolute Gasteiger partial charge is 0.344 e. The summed E-state index contributed by atoms with van der Waals surface area (Å²) in [7, 11) is 0. The Kier molecular flexibility index (Phi) is 3.26. The van der Waals surface area contributed by atoms with Crippen LogP contribution in [0.25, 0.3) is 22.1 Å². The van der Waals surface area contributed by atoms with E-state index in [0.717, 1.165) is 16.5 Å². The Hall–Kier alpha value is -2.55. The molecule has 0 saturated heterocycles. The van der Waals surface area contributed by atoms with Crippen LogP contribution < -0.4 is 5.63 Å². The van der Waals surface area contributed by atoms with E-state index >= 15 is 0 Å². The second-order valence-corrected chi connectivity index (χ2v) is 5.41. The topological polar surface area (TPSA) is 50.4 Å². The lowest BCUT2D eigenvalue weighted by Gasteiger charge is -2.12. The van der Waals surface area contributed by atoms with Crippen molar-refractivity contribution in [2.24, 2.45) is 0 Å². The Morgan fingerprint density at radius 3 is 2.57 bits per heavy atom. The number of phenols is 1. The highest BCUT2D eigenvalue weighted by Gasteiger charge is 2.12. The summed E-state index contributed by atoms with van der Waals surface area (Å²) in [5.74, 6) is 0.953. The molecule has 106 valence electrons. The molecule has 0 saturated carbocycles. The number of hydrogen-bond donors (Lipinski definition) is 1. The quantitative estimate of drug-likeness (QED) is 0.761. The van der Waals surface area contributed by atoms with Crippen molar-refractivity contribution in [3.8, 4) is 17.1 Å². The highest BCUT2D eigenvalue weighted by atomic mass is 16.4. The largest absolute Gasteiger partial charge is 0.508 e. The van der Waals surface area contributed by atoms with Gasteiger partial charge in [-0.2, -0.15) is 0 Å². The van der Waals surface area contributed by atoms with Crippen LogP contribution >= 0.6 is 0 Å². The van der Waals surface area contributed by atoms with Gasteiger partial charge in [0.25, 0.3) is 0 Å². The Morgan fingerprint density at radius 1 is 1.05 bits per heavy atom. The molecule has 0 fully saturated rings. The minimum Gasteiger partial charge on any atom is -0.508 e. The molecule has 3 heteroatoms. The Balaban J connectivity index is 2.27. The lowest BCUT2D eigenvalue weighted by molar-refractivity contribution is 0.475. The van der Waals surface area contributed by atoms with Gasteiger partial charge < -0.3 is 9.52 Å². The van der Waals surface area contributed by atoms with Crippen LogP contribution in [0.4, 0.5) is 0 Å². The summed E-state index contributed by atoms with van der Waals surface area (Å²) in [5.41, 5.74) is 1.63. The molecule has 0 bridgehead atoms. The summed E-state index contributed by atoms with van der Waals surface area (Å²) in [6, 6.07) is 14.5. The van der Waals surface area contributed by atoms with Gasteiger partial charge in [0.05, 0.1) is 5.39 Å². The molecule has 0 aliphatic rings. The Morgan fingerprint density at radius 2 is 1.81 bits per heavy atom. The van der Waals surface area contributed by atoms with Gasteiger partial charge in [-0.25, -0.2) is 4.79 Å². The van der Waals surface area contributed by atoms with E-state index in [2.05, 4.69) is 13.8 Å². The van der Waals surface area contributed by atoms with Gasteiger partial charge in [0.1, 0.15) is 11.5 Å². The van der Waals surface area contributed by atoms with Crippen molar-refractivity contribution in [3.05, 3.63) is 64.5 Å². The van der Waals surface area contributed by atoms with Gasteiger partial charge in [-0.05, 0) is 35.1 Å². The van der Waals surface area contributed by atoms with Gasteiger partial charge in [0.15, 0.2) is 0 Å². The number of fused-ring (bicyclic) bond motifs is 1. The number of phenolic OH excluding ortho intramolecular Hbond substituents is 1. The molecule has 0 amide bonds. The molecule has 3 nitrogen and oxygen atoms in total. The van der Waals surface area contributed by atoms with Crippen LogP contribution in [0.2, 0.25) is 0 Å². The third kappa shape index (κ3) is 2.42. The second-order valence-electron chi connectivity index (χ2n) is 5.41. The zero-order valence-corrected chi connectivity index (χ0v) is 12.0. The average molecular weight is 280 g/mol. The number of benzene rings is 2. The van der Waals surface area contributed by atoms with Gasteiger partial charge >= 0.3 is 5.63 Å². The fourth-order valence-electron chi connectivity index (χ4n) is 2.53. The van der Waals surface area contributed by atoms with Crippen LogP contribution in [-0.4, -0.2) is 5.11 Å². The molecule has 0 spiro atoms. The first-order valence-electron chi connectivity index (χ1n) is 6.92. The first kappa shape index (κ1) is 13.4. The van der Waals surface area contributed by atoms with E-state index in [0.29, 0.717) is 17.1 Å². The van der Waals surface area contributed by atoms with Crippen molar-refractivity contribution >= 4 is 10.8 Å². The number of rotatable bonds is 2. The highest BCUT2D eigenvalue weighted by Crippen LogP contribution is 2.30. The van der Waals surface area contributed by atoms with E-state index in [9.17, 15) is 9.90 Å². The van der Waals surface area contributed by atoms with E-state index in [4.69, 9.17) is 4.42 Å². The van der Waals surface area contributed by atoms with E-state index in [-0.39, 0.29) is 5.75 Å². The predicted octanol–water partition coefficient (Wildman–Crippen LogP) is 4.29. The number of hydrogen-bond acceptors (Lipinski definition) is 3. The normalized spacial score (nSPS) is 11.2. The molecule has 3 aromatic rings. The molecule has 1 heterocycles. The van der Waals surface area contributed by atoms with Crippen LogP contribution in [0, 0.1) is 0 Å². The molecule has 1 N–H and O–H groups in total. The van der Waals surface area contributed by atoms with Gasteiger partial charge in [-0.15, -0.1) is 0 Å². The standard InChI is InChI=1S/C18H16O3/c1-11(2)14-5-3-4-6-15(14)17-9-12-7-8-13(19)10-16(12)18(20)21-17/h3-11,19H,1-2H3. The third-order valence-corrected chi connectivity index (χ3v) is 3.59. The first-order valence-corrected chi connectivity index (χ1v) is 6.92. The van der Waals surface area contributed by atoms with Crippen LogP contribution in [0.15, 0.2) is 57.7 Å². The van der Waals surface area contributed by atoms with Crippen LogP contribution in [0.5, 0.6) is 5.75 Å². The maximum Gasteiger partial charge on any atom is 0.344 e. The summed E-state index contributed by atoms with van der Waals surface area (Å²) in [6.07, 6.45) is 0. The minimum absolute atomic E-state index is 0.0603. The van der Waals surface area contributed by atoms with Crippen molar-refractivity contribution in [3.63, 3.8) is 0 Å². The second kappa shape index (κ2) is 5.09. The molecule has 0 radical (unpaired) electrons. The highest BCUT2D eigenvalue weighted by molar-refractivity contribution is 5.85. The van der Waals surface area contributed by atoms with E-state index in [1.807, 2.05) is 30.3 Å². The van der Waals surface area contributed by atoms with Gasteiger partial charge in [0, 0.05) is 5.56 Å². The Labute approximate surface area is 122 Å². The molecule has 1 aromatic heterocycles. The minimum atomic E-state index is -0.433. The fourth-order valence-corrected chi connectivity index (χ4v) is 2.53. The number of aromatic hydroxyl groups is 1. The Bertz CT molecular complexity index is 860. The van der Waals surface area contributed by atoms with Crippen molar-refractivity contribution in [2.75, 3.05) is 0 Å². The van der Waals surface area contributed by atoms with Crippen LogP contribution in [0.1, 0.15) is 25.3 Å². The van der Waals surface area contributed by atoms with Crippen molar-refractivity contribution < 1.29 is 9.52 Å². The molecule has 0 unspecified atom stereocenters. The molecule has 3 rings (SSSR count). The van der Waals surface area contributed by atoms with Crippen LogP contribution in [0.3, 0.4) is 0 Å². The summed E-state index contributed by atoms with van der Waals surface area (Å²) in [6.45, 7) is 4.21. The molecular weight excluding hydrogens is 264 g/mol. The van der Waals surface area contributed by atoms with Crippen LogP contribution in [-0.2, 0) is 0 Å². The summed E-state index contributed by atoms with van der Waals surface area (Å²) >= 11 is 0. The molecular formula is C18H16O3. The molecule has 0 aliphatic carbocycles. The zero-order chi connectivity index (χ0) is 15.0. The van der Waals surface area contributed by atoms with Gasteiger partial charge in [-0.3, -0.25) is 0 Å². The molecule has 0 aliphatic heterocycles. The zero-order valence-electron chi connectivity index (χ0n) is 12.0. The van der Waals surface area contributed by atoms with Gasteiger partial charge in [0.2, 0.25) is 0 Å². The lowest BCUT2D eigenvalue weighted by atomic mass is 9.95. The van der Waals surface area contributed by atoms with Crippen molar-refractivity contribution in [1.29, 1.82) is 0 Å². The third-order valence-electron chi connectivity index (χ3n) is 3.59. The van der Waals surface area contributed by atoms with E-state index in [1.165, 1.54) is 6.07 Å². The summed E-state index contributed by atoms with van der Waals surface area (Å²) < 4.78 is 5.46. The van der Waals surface area contributed by atoms with Gasteiger partial charge in [-0.1, -0.05) is 44.2 Å². The summed E-state index contributed by atoms with van der Waals surface area (Å²) in [5, 5.41) is 10.6. The predicted molar refractivity (Wildman–Crippen MR) is 83.7 cm³/mol. The van der Waals surface area contributed by atoms with Crippen molar-refractivity contribution in [2.45, 2.75) is 19.8 Å². The van der Waals surface area contributed by atoms with E-state index < -0.39 is 5.63 Å². The average Bonchev–Trinajstić information content (AvgIpc) is 2.47. The maximum absolute atomic E-state index is 12.1. The summed E-state index contributed by atoms with van der Waals surface area (Å²) in [4.78, 5) is 12.1. The lowest BCUT2D eigenvalue weighted by Crippen LogP contribution is -2.01. The van der Waals surface area contributed by atoms with E-state index in [1.54, 1.807) is 12.1 Å². The fraction of sp³-hybridized carbons (Fsp3) is 0.167. The monoisotopic (exact) mass is 280 g/mol. The molecule has 21 heavy (non-hydrogen) atoms. The SMILES string of the molecule is CC(C)c1ccccc1-c1cc2ccc(O)cc2c(=O)o1. The first-order chi connectivity index (χ1) is 10.1. The molecule has 2 aromatic carbocycles. The maximum atomic E-state index is 12.1. The molecule has 0 atom stereocenters. The van der Waals surface area contributed by atoms with Crippen molar-refractivity contribution in [1.82, 2.24) is 0 Å².